The first-order valence-corrected chi connectivity index (χ1v) is 5.69. The van der Waals surface area contributed by atoms with Gasteiger partial charge < -0.3 is 15.8 Å². The van der Waals surface area contributed by atoms with Crippen LogP contribution in [0, 0.1) is 6.92 Å². The molecule has 1 aromatic carbocycles. The second-order valence-corrected chi connectivity index (χ2v) is 4.12. The van der Waals surface area contributed by atoms with E-state index in [1.807, 2.05) is 31.2 Å². The summed E-state index contributed by atoms with van der Waals surface area (Å²) in [5, 5.41) is 2.84. The highest BCUT2D eigenvalue weighted by Gasteiger charge is 2.10. The Bertz CT molecular complexity index is 349. The molecule has 0 heterocycles. The molecule has 0 saturated heterocycles. The van der Waals surface area contributed by atoms with Gasteiger partial charge >= 0.3 is 0 Å². The van der Waals surface area contributed by atoms with E-state index in [4.69, 9.17) is 10.5 Å². The fourth-order valence-corrected chi connectivity index (χ4v) is 1.54. The molecular weight excluding hydrogens is 216 g/mol. The summed E-state index contributed by atoms with van der Waals surface area (Å²) in [6.07, 6.45) is 0.375. The second-order valence-electron chi connectivity index (χ2n) is 4.12. The van der Waals surface area contributed by atoms with Gasteiger partial charge in [-0.1, -0.05) is 29.8 Å². The molecule has 4 nitrogen and oxygen atoms in total. The van der Waals surface area contributed by atoms with Gasteiger partial charge in [-0.15, -0.1) is 0 Å². The van der Waals surface area contributed by atoms with E-state index in [0.29, 0.717) is 19.6 Å². The zero-order valence-electron chi connectivity index (χ0n) is 10.4. The van der Waals surface area contributed by atoms with Crippen molar-refractivity contribution >= 4 is 5.91 Å². The van der Waals surface area contributed by atoms with Crippen LogP contribution >= 0.6 is 0 Å². The summed E-state index contributed by atoms with van der Waals surface area (Å²) in [6, 6.07) is 7.81. The van der Waals surface area contributed by atoms with E-state index < -0.39 is 0 Å². The molecule has 0 aliphatic rings. The number of methoxy groups -OCH3 is 1. The quantitative estimate of drug-likeness (QED) is 0.761. The fourth-order valence-electron chi connectivity index (χ4n) is 1.54. The SMILES string of the molecule is COCC(CN)NC(=O)Cc1ccc(C)cc1. The lowest BCUT2D eigenvalue weighted by Crippen LogP contribution is -2.43. The number of benzene rings is 1. The van der Waals surface area contributed by atoms with Crippen molar-refractivity contribution in [3.63, 3.8) is 0 Å². The minimum atomic E-state index is -0.113. The summed E-state index contributed by atoms with van der Waals surface area (Å²) in [4.78, 5) is 11.7. The molecule has 94 valence electrons. The molecule has 0 fully saturated rings. The van der Waals surface area contributed by atoms with E-state index in [1.54, 1.807) is 7.11 Å². The Balaban J connectivity index is 2.46. The summed E-state index contributed by atoms with van der Waals surface area (Å²) < 4.78 is 4.97. The third-order valence-electron chi connectivity index (χ3n) is 2.50. The molecule has 1 unspecified atom stereocenters. The van der Waals surface area contributed by atoms with Gasteiger partial charge in [-0.3, -0.25) is 4.79 Å². The molecule has 1 atom stereocenters. The van der Waals surface area contributed by atoms with Crippen LogP contribution in [0.1, 0.15) is 11.1 Å². The maximum absolute atomic E-state index is 11.7. The van der Waals surface area contributed by atoms with Crippen LogP contribution in [0.15, 0.2) is 24.3 Å². The number of carbonyl (C=O) groups is 1. The summed E-state index contributed by atoms with van der Waals surface area (Å²) >= 11 is 0. The van der Waals surface area contributed by atoms with E-state index in [2.05, 4.69) is 5.32 Å². The Hall–Kier alpha value is -1.39. The summed E-state index contributed by atoms with van der Waals surface area (Å²) in [5.41, 5.74) is 7.72. The van der Waals surface area contributed by atoms with Crippen LogP contribution in [-0.4, -0.2) is 32.2 Å². The largest absolute Gasteiger partial charge is 0.383 e. The number of nitrogens with two attached hydrogens (primary N) is 1. The highest BCUT2D eigenvalue weighted by atomic mass is 16.5. The smallest absolute Gasteiger partial charge is 0.224 e. The first-order chi connectivity index (χ1) is 8.15. The topological polar surface area (TPSA) is 64.3 Å². The molecule has 17 heavy (non-hydrogen) atoms. The van der Waals surface area contributed by atoms with Gasteiger partial charge in [0, 0.05) is 13.7 Å². The van der Waals surface area contributed by atoms with E-state index in [-0.39, 0.29) is 11.9 Å². The number of hydrogen-bond acceptors (Lipinski definition) is 3. The first kappa shape index (κ1) is 13.7. The second kappa shape index (κ2) is 7.04. The van der Waals surface area contributed by atoms with Gasteiger partial charge in [0.2, 0.25) is 5.91 Å². The van der Waals surface area contributed by atoms with Crippen molar-refractivity contribution in [1.82, 2.24) is 5.32 Å². The van der Waals surface area contributed by atoms with E-state index in [0.717, 1.165) is 5.56 Å². The van der Waals surface area contributed by atoms with E-state index in [1.165, 1.54) is 5.56 Å². The van der Waals surface area contributed by atoms with Crippen molar-refractivity contribution in [2.75, 3.05) is 20.3 Å². The molecule has 0 aromatic heterocycles. The monoisotopic (exact) mass is 236 g/mol. The first-order valence-electron chi connectivity index (χ1n) is 5.69. The highest BCUT2D eigenvalue weighted by Crippen LogP contribution is 2.03. The molecule has 3 N–H and O–H groups in total. The van der Waals surface area contributed by atoms with Gasteiger partial charge in [0.05, 0.1) is 19.1 Å². The van der Waals surface area contributed by atoms with Gasteiger partial charge in [0.25, 0.3) is 0 Å². The van der Waals surface area contributed by atoms with E-state index >= 15 is 0 Å². The predicted molar refractivity (Wildman–Crippen MR) is 67.7 cm³/mol. The number of aryl methyl sites for hydroxylation is 1. The van der Waals surface area contributed by atoms with Crippen LogP contribution in [0.25, 0.3) is 0 Å². The van der Waals surface area contributed by atoms with Crippen molar-refractivity contribution in [2.24, 2.45) is 5.73 Å². The lowest BCUT2D eigenvalue weighted by molar-refractivity contribution is -0.121. The minimum absolute atomic E-state index is 0.0265. The van der Waals surface area contributed by atoms with Crippen LogP contribution in [0.5, 0.6) is 0 Å². The molecule has 1 rings (SSSR count). The summed E-state index contributed by atoms with van der Waals surface area (Å²) in [7, 11) is 1.59. The average molecular weight is 236 g/mol. The molecule has 1 amide bonds. The third-order valence-corrected chi connectivity index (χ3v) is 2.50. The van der Waals surface area contributed by atoms with Crippen LogP contribution in [-0.2, 0) is 16.0 Å². The molecule has 0 spiro atoms. The lowest BCUT2D eigenvalue weighted by atomic mass is 10.1. The molecule has 0 bridgehead atoms. The van der Waals surface area contributed by atoms with Crippen molar-refractivity contribution in [2.45, 2.75) is 19.4 Å². The lowest BCUT2D eigenvalue weighted by Gasteiger charge is -2.15. The van der Waals surface area contributed by atoms with Crippen LogP contribution in [0.2, 0.25) is 0 Å². The minimum Gasteiger partial charge on any atom is -0.383 e. The third kappa shape index (κ3) is 4.97. The van der Waals surface area contributed by atoms with Gasteiger partial charge in [-0.05, 0) is 12.5 Å². The van der Waals surface area contributed by atoms with Gasteiger partial charge in [0.15, 0.2) is 0 Å². The maximum Gasteiger partial charge on any atom is 0.224 e. The number of rotatable bonds is 6. The Morgan fingerprint density at radius 3 is 2.59 bits per heavy atom. The van der Waals surface area contributed by atoms with Gasteiger partial charge in [0.1, 0.15) is 0 Å². The van der Waals surface area contributed by atoms with Gasteiger partial charge in [-0.25, -0.2) is 0 Å². The number of nitrogens with one attached hydrogen (secondary N) is 1. The molecule has 0 aliphatic carbocycles. The predicted octanol–water partition coefficient (Wildman–Crippen LogP) is 0.627. The number of ether oxygens (including phenoxy) is 1. The van der Waals surface area contributed by atoms with Crippen molar-refractivity contribution in [3.8, 4) is 0 Å². The molecule has 0 aliphatic heterocycles. The molecule has 0 saturated carbocycles. The van der Waals surface area contributed by atoms with Crippen molar-refractivity contribution in [3.05, 3.63) is 35.4 Å². The summed E-state index contributed by atoms with van der Waals surface area (Å²) in [5.74, 6) is -0.0265. The zero-order chi connectivity index (χ0) is 12.7. The number of amides is 1. The van der Waals surface area contributed by atoms with Crippen LogP contribution in [0.3, 0.4) is 0 Å². The molecular formula is C13H20N2O2. The van der Waals surface area contributed by atoms with Crippen LogP contribution < -0.4 is 11.1 Å². The van der Waals surface area contributed by atoms with Crippen molar-refractivity contribution < 1.29 is 9.53 Å². The Morgan fingerprint density at radius 2 is 2.06 bits per heavy atom. The average Bonchev–Trinajstić information content (AvgIpc) is 2.31. The Kier molecular flexibility index (Phi) is 5.66. The maximum atomic E-state index is 11.7. The van der Waals surface area contributed by atoms with Crippen molar-refractivity contribution in [1.29, 1.82) is 0 Å². The standard InChI is InChI=1S/C13H20N2O2/c1-10-3-5-11(6-4-10)7-13(16)15-12(8-14)9-17-2/h3-6,12H,7-9,14H2,1-2H3,(H,15,16). The number of carbonyl (C=O) groups excluding carboxylic acids is 1. The summed E-state index contributed by atoms with van der Waals surface area (Å²) in [6.45, 7) is 2.84. The van der Waals surface area contributed by atoms with Crippen LogP contribution in [0.4, 0.5) is 0 Å². The highest BCUT2D eigenvalue weighted by molar-refractivity contribution is 5.78. The molecule has 4 heteroatoms. The molecule has 0 radical (unpaired) electrons. The zero-order valence-corrected chi connectivity index (χ0v) is 10.4. The van der Waals surface area contributed by atoms with Gasteiger partial charge in [-0.2, -0.15) is 0 Å². The fraction of sp³-hybridized carbons (Fsp3) is 0.462. The molecule has 1 aromatic rings. The Morgan fingerprint density at radius 1 is 1.41 bits per heavy atom. The van der Waals surface area contributed by atoms with E-state index in [9.17, 15) is 4.79 Å². The normalized spacial score (nSPS) is 12.2. The number of hydrogen-bond donors (Lipinski definition) is 2. The Labute approximate surface area is 102 Å².